The maximum Gasteiger partial charge on any atom is 0.426 e. The van der Waals surface area contributed by atoms with Gasteiger partial charge in [0, 0.05) is 23.2 Å². The minimum atomic E-state index is -5.52. The summed E-state index contributed by atoms with van der Waals surface area (Å²) in [7, 11) is 0.903. The molecule has 1 unspecified atom stereocenters. The van der Waals surface area contributed by atoms with E-state index in [1.54, 1.807) is 0 Å². The Morgan fingerprint density at radius 3 is 2.38 bits per heavy atom. The van der Waals surface area contributed by atoms with Gasteiger partial charge < -0.3 is 19.9 Å². The lowest BCUT2D eigenvalue weighted by Gasteiger charge is -2.37. The van der Waals surface area contributed by atoms with Gasteiger partial charge in [0.1, 0.15) is 6.61 Å². The van der Waals surface area contributed by atoms with Crippen molar-refractivity contribution in [3.63, 3.8) is 0 Å². The van der Waals surface area contributed by atoms with Crippen molar-refractivity contribution in [2.24, 2.45) is 0 Å². The number of benzene rings is 2. The molecule has 3 rings (SSSR count). The second-order valence-electron chi connectivity index (χ2n) is 8.39. The summed E-state index contributed by atoms with van der Waals surface area (Å²) in [4.78, 5) is 24.2. The molecular weight excluding hydrogens is 472 g/mol. The highest BCUT2D eigenvalue weighted by Gasteiger charge is 2.61. The summed E-state index contributed by atoms with van der Waals surface area (Å²) < 4.78 is 93.0. The predicted octanol–water partition coefficient (Wildman–Crippen LogP) is 4.38. The number of ether oxygens (including phenoxy) is 2. The number of amides is 1. The molecular formula is C22H19F6NO5. The number of alkyl halides is 3. The van der Waals surface area contributed by atoms with E-state index in [-0.39, 0.29) is 17.9 Å². The van der Waals surface area contributed by atoms with Crippen LogP contribution < -0.4 is 10.1 Å². The fourth-order valence-corrected chi connectivity index (χ4v) is 3.77. The zero-order chi connectivity index (χ0) is 25.6. The Kier molecular flexibility index (Phi) is 6.33. The van der Waals surface area contributed by atoms with Crippen molar-refractivity contribution in [3.05, 3.63) is 58.4 Å². The van der Waals surface area contributed by atoms with Crippen molar-refractivity contribution in [2.75, 3.05) is 12.4 Å². The minimum Gasteiger partial charge on any atom is -0.493 e. The molecule has 0 aliphatic carbocycles. The normalized spacial score (nSPS) is 15.4. The number of methoxy groups -OCH3 is 1. The van der Waals surface area contributed by atoms with E-state index in [0.717, 1.165) is 27.0 Å². The lowest BCUT2D eigenvalue weighted by atomic mass is 9.74. The van der Waals surface area contributed by atoms with Crippen LogP contribution in [0.1, 0.15) is 41.8 Å². The average molecular weight is 491 g/mol. The lowest BCUT2D eigenvalue weighted by molar-refractivity contribution is -0.254. The van der Waals surface area contributed by atoms with Crippen molar-refractivity contribution in [1.29, 1.82) is 0 Å². The van der Waals surface area contributed by atoms with Gasteiger partial charge >= 0.3 is 12.1 Å². The number of hydrogen-bond acceptors (Lipinski definition) is 5. The molecule has 0 fully saturated rings. The van der Waals surface area contributed by atoms with Gasteiger partial charge in [-0.25, -0.2) is 13.6 Å². The summed E-state index contributed by atoms with van der Waals surface area (Å²) in [6.07, 6.45) is -6.92. The molecule has 1 atom stereocenters. The molecule has 1 amide bonds. The van der Waals surface area contributed by atoms with E-state index in [2.05, 4.69) is 0 Å². The van der Waals surface area contributed by atoms with E-state index in [1.165, 1.54) is 12.1 Å². The molecule has 0 saturated carbocycles. The Bertz CT molecular complexity index is 1160. The molecule has 2 N–H and O–H groups in total. The Morgan fingerprint density at radius 1 is 1.15 bits per heavy atom. The van der Waals surface area contributed by atoms with Crippen molar-refractivity contribution in [3.8, 4) is 5.75 Å². The molecule has 184 valence electrons. The number of anilines is 1. The van der Waals surface area contributed by atoms with E-state index in [1.807, 2.05) is 5.32 Å². The molecule has 12 heteroatoms. The predicted molar refractivity (Wildman–Crippen MR) is 106 cm³/mol. The number of aliphatic hydroxyl groups is 1. The minimum absolute atomic E-state index is 0.143. The Hall–Kier alpha value is -3.28. The lowest BCUT2D eigenvalue weighted by Crippen LogP contribution is -2.57. The first-order valence-electron chi connectivity index (χ1n) is 9.75. The third-order valence-corrected chi connectivity index (χ3v) is 5.53. The molecule has 6 nitrogen and oxygen atoms in total. The number of halogens is 6. The zero-order valence-electron chi connectivity index (χ0n) is 18.1. The van der Waals surface area contributed by atoms with Crippen LogP contribution in [-0.2, 0) is 21.6 Å². The van der Waals surface area contributed by atoms with Crippen LogP contribution in [0.5, 0.6) is 5.75 Å². The molecule has 1 aliphatic heterocycles. The van der Waals surface area contributed by atoms with E-state index in [4.69, 9.17) is 9.47 Å². The van der Waals surface area contributed by atoms with Gasteiger partial charge in [0.15, 0.2) is 17.4 Å². The zero-order valence-corrected chi connectivity index (χ0v) is 18.1. The first kappa shape index (κ1) is 25.3. The van der Waals surface area contributed by atoms with Gasteiger partial charge in [-0.2, -0.15) is 17.6 Å². The van der Waals surface area contributed by atoms with Crippen LogP contribution in [0.15, 0.2) is 24.3 Å². The van der Waals surface area contributed by atoms with Crippen molar-refractivity contribution < 1.29 is 50.5 Å². The van der Waals surface area contributed by atoms with E-state index in [0.29, 0.717) is 11.6 Å². The molecule has 0 bridgehead atoms. The van der Waals surface area contributed by atoms with Crippen LogP contribution in [0.4, 0.5) is 32.0 Å². The number of cyclic esters (lactones) is 1. The quantitative estimate of drug-likeness (QED) is 0.356. The van der Waals surface area contributed by atoms with E-state index < -0.39 is 64.3 Å². The van der Waals surface area contributed by atoms with Gasteiger partial charge in [-0.1, -0.05) is 13.8 Å². The molecule has 2 aromatic carbocycles. The van der Waals surface area contributed by atoms with Gasteiger partial charge in [0.2, 0.25) is 11.4 Å². The van der Waals surface area contributed by atoms with Crippen molar-refractivity contribution in [2.45, 2.75) is 44.1 Å². The molecule has 0 saturated heterocycles. The van der Waals surface area contributed by atoms with Crippen LogP contribution >= 0.6 is 0 Å². The second-order valence-corrected chi connectivity index (χ2v) is 8.39. The number of hydrogen-bond donors (Lipinski definition) is 2. The molecule has 0 spiro atoms. The fourth-order valence-electron chi connectivity index (χ4n) is 3.77. The molecule has 1 heterocycles. The topological polar surface area (TPSA) is 84.9 Å². The molecule has 34 heavy (non-hydrogen) atoms. The van der Waals surface area contributed by atoms with Crippen LogP contribution in [0.25, 0.3) is 0 Å². The monoisotopic (exact) mass is 491 g/mol. The highest BCUT2D eigenvalue weighted by atomic mass is 19.4. The maximum absolute atomic E-state index is 14.2. The van der Waals surface area contributed by atoms with Gasteiger partial charge in [-0.3, -0.25) is 4.79 Å². The Morgan fingerprint density at radius 2 is 1.79 bits per heavy atom. The third-order valence-electron chi connectivity index (χ3n) is 5.53. The summed E-state index contributed by atoms with van der Waals surface area (Å²) in [6.45, 7) is 2.00. The number of carbonyl (C=O) groups excluding carboxylic acids is 2. The summed E-state index contributed by atoms with van der Waals surface area (Å²) >= 11 is 0. The largest absolute Gasteiger partial charge is 0.493 e. The number of fused-ring (bicyclic) bond motifs is 1. The van der Waals surface area contributed by atoms with Gasteiger partial charge in [0.05, 0.1) is 12.7 Å². The Balaban J connectivity index is 1.98. The Labute approximate surface area is 189 Å². The molecule has 0 radical (unpaired) electrons. The summed E-state index contributed by atoms with van der Waals surface area (Å²) in [5, 5.41) is 12.5. The highest BCUT2D eigenvalue weighted by Crippen LogP contribution is 2.45. The highest BCUT2D eigenvalue weighted by molar-refractivity contribution is 5.99. The SMILES string of the molecule is COc1c(C(C)(C)CC(O)(C(=O)Nc2ccc3c(c2)COC3=O)C(F)(F)F)cc(F)c(F)c1F. The van der Waals surface area contributed by atoms with Crippen LogP contribution in [0.3, 0.4) is 0 Å². The smallest absolute Gasteiger partial charge is 0.426 e. The number of esters is 1. The van der Waals surface area contributed by atoms with E-state index >= 15 is 0 Å². The van der Waals surface area contributed by atoms with E-state index in [9.17, 15) is 41.0 Å². The standard InChI is InChI=1S/C22H19F6NO5/c1-20(2,13-7-14(23)15(24)16(25)17(13)33-3)9-21(32,22(26,27)28)19(31)29-11-4-5-12-10(6-11)8-34-18(12)30/h4-7,32H,8-9H2,1-3H3,(H,29,31). The summed E-state index contributed by atoms with van der Waals surface area (Å²) in [5.41, 5.74) is -6.17. The van der Waals surface area contributed by atoms with Gasteiger partial charge in [-0.05, 0) is 29.7 Å². The summed E-state index contributed by atoms with van der Waals surface area (Å²) in [6, 6.07) is 4.06. The molecule has 0 aromatic heterocycles. The van der Waals surface area contributed by atoms with Gasteiger partial charge in [0.25, 0.3) is 5.91 Å². The second kappa shape index (κ2) is 8.49. The van der Waals surface area contributed by atoms with Crippen LogP contribution in [0, 0.1) is 17.5 Å². The number of carbonyl (C=O) groups is 2. The average Bonchev–Trinajstić information content (AvgIpc) is 3.10. The molecule has 1 aliphatic rings. The fraction of sp³-hybridized carbons (Fsp3) is 0.364. The van der Waals surface area contributed by atoms with Crippen LogP contribution in [-0.4, -0.2) is 35.9 Å². The van der Waals surface area contributed by atoms with Crippen molar-refractivity contribution in [1.82, 2.24) is 0 Å². The third kappa shape index (κ3) is 4.29. The number of rotatable bonds is 6. The first-order chi connectivity index (χ1) is 15.6. The number of nitrogens with one attached hydrogen (secondary N) is 1. The first-order valence-corrected chi connectivity index (χ1v) is 9.75. The van der Waals surface area contributed by atoms with Crippen molar-refractivity contribution >= 4 is 17.6 Å². The maximum atomic E-state index is 14.2. The summed E-state index contributed by atoms with van der Waals surface area (Å²) in [5.74, 6) is -8.71. The van der Waals surface area contributed by atoms with Gasteiger partial charge in [-0.15, -0.1) is 0 Å². The molecule has 2 aromatic rings. The van der Waals surface area contributed by atoms with Crippen LogP contribution in [0.2, 0.25) is 0 Å².